The normalized spacial score (nSPS) is 27.2. The van der Waals surface area contributed by atoms with Gasteiger partial charge in [-0.2, -0.15) is 0 Å². The van der Waals surface area contributed by atoms with Crippen LogP contribution in [-0.4, -0.2) is 56.5 Å². The maximum atomic E-state index is 5.55. The minimum absolute atomic E-state index is 0. The minimum atomic E-state index is -0.361. The molecule has 0 aromatic carbocycles. The summed E-state index contributed by atoms with van der Waals surface area (Å²) in [7, 11) is 0. The van der Waals surface area contributed by atoms with Gasteiger partial charge in [0.2, 0.25) is 0 Å². The monoisotopic (exact) mass is 674 g/mol. The van der Waals surface area contributed by atoms with Gasteiger partial charge in [0.1, 0.15) is 0 Å². The molecule has 2 saturated heterocycles. The molecule has 4 aromatic rings. The van der Waals surface area contributed by atoms with Crippen molar-refractivity contribution in [1.82, 2.24) is 19.9 Å². The number of pyridine rings is 4. The molecule has 0 N–H and O–H groups in total. The summed E-state index contributed by atoms with van der Waals surface area (Å²) < 4.78 is 0. The number of aliphatic imine (C=N–C) groups is 2. The summed E-state index contributed by atoms with van der Waals surface area (Å²) >= 11 is 0. The van der Waals surface area contributed by atoms with Crippen LogP contribution in [0.4, 0.5) is 0 Å². The summed E-state index contributed by atoms with van der Waals surface area (Å²) in [6.45, 7) is 9.06. The molecule has 8 nitrogen and oxygen atoms in total. The van der Waals surface area contributed by atoms with Gasteiger partial charge in [0, 0.05) is 94.2 Å². The maximum Gasteiger partial charge on any atom is 0.0807 e. The van der Waals surface area contributed by atoms with Gasteiger partial charge in [0.25, 0.3) is 0 Å². The van der Waals surface area contributed by atoms with Gasteiger partial charge in [-0.25, -0.2) is 0 Å². The standard InChI is InChI=1S/C34H36N8.2Co/c1-33(2)29(39-21-23-13-5-9-17-35-23)27(25-15-7-11-19-37-25)42-32-31(33)41-28(26-16-8-12-20-38-26)30(34(32,3)4)40-22-24-14-6-10-18-36-24;;/h5-22,27-32H,1-4H3;;/q-2;;/t27-,28-,29+,30+,31-,32-;;/m0../s1. The summed E-state index contributed by atoms with van der Waals surface area (Å²) in [5, 5.41) is 11.1. The van der Waals surface area contributed by atoms with E-state index in [1.165, 1.54) is 0 Å². The molecule has 10 heteroatoms. The van der Waals surface area contributed by atoms with Crippen LogP contribution in [0.2, 0.25) is 0 Å². The Kier molecular flexibility index (Phi) is 11.0. The molecule has 0 unspecified atom stereocenters. The number of aromatic nitrogens is 4. The van der Waals surface area contributed by atoms with E-state index in [1.54, 1.807) is 12.4 Å². The average Bonchev–Trinajstić information content (AvgIpc) is 3.01. The van der Waals surface area contributed by atoms with Crippen molar-refractivity contribution >= 4 is 12.4 Å². The van der Waals surface area contributed by atoms with E-state index < -0.39 is 0 Å². The zero-order valence-corrected chi connectivity index (χ0v) is 27.2. The van der Waals surface area contributed by atoms with Crippen molar-refractivity contribution in [2.75, 3.05) is 0 Å². The van der Waals surface area contributed by atoms with Crippen molar-refractivity contribution in [3.05, 3.63) is 131 Å². The third kappa shape index (κ3) is 6.75. The van der Waals surface area contributed by atoms with Crippen LogP contribution in [0.3, 0.4) is 0 Å². The Labute approximate surface area is 280 Å². The molecular weight excluding hydrogens is 638 g/mol. The molecule has 2 radical (unpaired) electrons. The van der Waals surface area contributed by atoms with Gasteiger partial charge in [0.15, 0.2) is 0 Å². The summed E-state index contributed by atoms with van der Waals surface area (Å²) in [5.74, 6) is 0. The molecule has 0 spiro atoms. The molecule has 4 aromatic heterocycles. The van der Waals surface area contributed by atoms with Crippen LogP contribution < -0.4 is 0 Å². The number of rotatable bonds is 6. The van der Waals surface area contributed by atoms with E-state index in [9.17, 15) is 0 Å². The molecule has 6 rings (SSSR count). The number of nitrogens with zero attached hydrogens (tertiary/aromatic N) is 8. The first-order valence-electron chi connectivity index (χ1n) is 14.5. The van der Waals surface area contributed by atoms with Crippen molar-refractivity contribution in [3.63, 3.8) is 0 Å². The second-order valence-corrected chi connectivity index (χ2v) is 12.2. The van der Waals surface area contributed by atoms with Crippen molar-refractivity contribution in [2.24, 2.45) is 20.8 Å². The fourth-order valence-corrected chi connectivity index (χ4v) is 6.38. The third-order valence-electron chi connectivity index (χ3n) is 8.68. The van der Waals surface area contributed by atoms with E-state index in [1.807, 2.05) is 97.6 Å². The Morgan fingerprint density at radius 3 is 1.23 bits per heavy atom. The second kappa shape index (κ2) is 14.3. The summed E-state index contributed by atoms with van der Waals surface area (Å²) in [4.78, 5) is 28.8. The fraction of sp³-hybridized carbons (Fsp3) is 0.353. The van der Waals surface area contributed by atoms with Gasteiger partial charge >= 0.3 is 0 Å². The topological polar surface area (TPSA) is 104 Å². The Morgan fingerprint density at radius 1 is 0.545 bits per heavy atom. The summed E-state index contributed by atoms with van der Waals surface area (Å²) in [6.07, 6.45) is 11.0. The second-order valence-electron chi connectivity index (χ2n) is 12.2. The van der Waals surface area contributed by atoms with Crippen LogP contribution >= 0.6 is 0 Å². The van der Waals surface area contributed by atoms with Crippen LogP contribution in [0, 0.1) is 10.8 Å². The first-order chi connectivity index (χ1) is 20.4. The van der Waals surface area contributed by atoms with Gasteiger partial charge in [0.05, 0.1) is 11.4 Å². The van der Waals surface area contributed by atoms with Crippen molar-refractivity contribution < 1.29 is 33.6 Å². The molecule has 232 valence electrons. The van der Waals surface area contributed by atoms with Gasteiger partial charge in [-0.1, -0.05) is 64.0 Å². The van der Waals surface area contributed by atoms with Crippen LogP contribution in [0.1, 0.15) is 62.6 Å². The molecule has 0 bridgehead atoms. The van der Waals surface area contributed by atoms with Crippen molar-refractivity contribution in [1.29, 1.82) is 0 Å². The first kappa shape index (κ1) is 33.8. The first-order valence-corrected chi connectivity index (χ1v) is 14.5. The molecular formula is C34H36Co2N8-2. The molecule has 0 aliphatic carbocycles. The molecule has 0 saturated carbocycles. The van der Waals surface area contributed by atoms with Crippen molar-refractivity contribution in [2.45, 2.75) is 63.9 Å². The van der Waals surface area contributed by atoms with E-state index in [0.717, 1.165) is 22.8 Å². The van der Waals surface area contributed by atoms with Crippen molar-refractivity contribution in [3.8, 4) is 0 Å². The largest absolute Gasteiger partial charge is 0.651 e. The van der Waals surface area contributed by atoms with E-state index >= 15 is 0 Å². The molecule has 6 atom stereocenters. The van der Waals surface area contributed by atoms with E-state index in [2.05, 4.69) is 37.7 Å². The quantitative estimate of drug-likeness (QED) is 0.216. The summed E-state index contributed by atoms with van der Waals surface area (Å²) in [5.41, 5.74) is 2.71. The molecule has 2 fully saturated rings. The Bertz CT molecular complexity index is 1400. The van der Waals surface area contributed by atoms with Gasteiger partial charge in [-0.3, -0.25) is 29.9 Å². The Morgan fingerprint density at radius 2 is 0.909 bits per heavy atom. The maximum absolute atomic E-state index is 5.55. The predicted octanol–water partition coefficient (Wildman–Crippen LogP) is 6.58. The third-order valence-corrected chi connectivity index (χ3v) is 8.68. The SMILES string of the molecule is CC1(C)[C@H](N=Cc2ccccn2)[C@H](c2ccccn2)[N-][C@H]2[C@@H]1[N-][C@@H](c1ccccn1)[C@@H](N=Cc1ccccn1)C2(C)C.[Co].[Co]. The summed E-state index contributed by atoms with van der Waals surface area (Å²) in [6, 6.07) is 22.6. The van der Waals surface area contributed by atoms with Gasteiger partial charge < -0.3 is 10.6 Å². The van der Waals surface area contributed by atoms with E-state index in [4.69, 9.17) is 30.6 Å². The van der Waals surface area contributed by atoms with Crippen LogP contribution in [0.5, 0.6) is 0 Å². The number of hydrogen-bond acceptors (Lipinski definition) is 6. The van der Waals surface area contributed by atoms with Gasteiger partial charge in [-0.15, -0.1) is 12.1 Å². The molecule has 2 aliphatic heterocycles. The van der Waals surface area contributed by atoms with E-state index in [0.29, 0.717) is 0 Å². The van der Waals surface area contributed by atoms with Gasteiger partial charge in [-0.05, 0) is 59.4 Å². The van der Waals surface area contributed by atoms with Crippen LogP contribution in [0.15, 0.2) is 108 Å². The van der Waals surface area contributed by atoms with Crippen LogP contribution in [-0.2, 0) is 33.6 Å². The number of hydrogen-bond donors (Lipinski definition) is 0. The van der Waals surface area contributed by atoms with Crippen LogP contribution in [0.25, 0.3) is 10.6 Å². The number of piperidine rings is 2. The molecule has 44 heavy (non-hydrogen) atoms. The predicted molar refractivity (Wildman–Crippen MR) is 167 cm³/mol. The zero-order chi connectivity index (χ0) is 29.2. The smallest absolute Gasteiger partial charge is 0.0807 e. The zero-order valence-electron chi connectivity index (χ0n) is 25.1. The average molecular weight is 675 g/mol. The Balaban J connectivity index is 0.00000221. The van der Waals surface area contributed by atoms with E-state index in [-0.39, 0.29) is 80.6 Å². The number of fused-ring (bicyclic) bond motifs is 1. The molecule has 0 amide bonds. The molecule has 2 aliphatic rings. The minimum Gasteiger partial charge on any atom is -0.651 e. The fourth-order valence-electron chi connectivity index (χ4n) is 6.38. The Hall–Kier alpha value is -3.13. The molecule has 6 heterocycles.